The minimum atomic E-state index is -0.243. The lowest BCUT2D eigenvalue weighted by molar-refractivity contribution is -0.134. The molecule has 31 heavy (non-hydrogen) atoms. The first kappa shape index (κ1) is 21.1. The summed E-state index contributed by atoms with van der Waals surface area (Å²) < 4.78 is 0. The monoisotopic (exact) mass is 418 g/mol. The van der Waals surface area contributed by atoms with E-state index in [1.165, 1.54) is 11.1 Å². The van der Waals surface area contributed by atoms with Crippen LogP contribution in [0.5, 0.6) is 0 Å². The normalized spacial score (nSPS) is 20.3. The van der Waals surface area contributed by atoms with Crippen molar-refractivity contribution in [2.45, 2.75) is 51.2 Å². The highest BCUT2D eigenvalue weighted by molar-refractivity contribution is 5.85. The second-order valence-corrected chi connectivity index (χ2v) is 8.50. The van der Waals surface area contributed by atoms with Gasteiger partial charge in [0.25, 0.3) is 5.91 Å². The van der Waals surface area contributed by atoms with E-state index in [4.69, 9.17) is 0 Å². The maximum atomic E-state index is 13.0. The van der Waals surface area contributed by atoms with Crippen LogP contribution in [0.25, 0.3) is 0 Å². The molecular weight excluding hydrogens is 388 g/mol. The van der Waals surface area contributed by atoms with E-state index < -0.39 is 0 Å². The van der Waals surface area contributed by atoms with Crippen LogP contribution in [0.15, 0.2) is 67.0 Å². The Morgan fingerprint density at radius 2 is 1.84 bits per heavy atom. The van der Waals surface area contributed by atoms with E-state index in [0.29, 0.717) is 25.4 Å². The zero-order valence-corrected chi connectivity index (χ0v) is 18.1. The number of rotatable bonds is 7. The molecule has 0 aromatic heterocycles. The predicted molar refractivity (Wildman–Crippen MR) is 120 cm³/mol. The van der Waals surface area contributed by atoms with E-state index >= 15 is 0 Å². The molecule has 2 aromatic carbocycles. The number of hydrogen-bond donors (Lipinski definition) is 2. The third-order valence-electron chi connectivity index (χ3n) is 5.99. The molecule has 4 rings (SSSR count). The highest BCUT2D eigenvalue weighted by Crippen LogP contribution is 2.31. The zero-order chi connectivity index (χ0) is 21.8. The van der Waals surface area contributed by atoms with Crippen LogP contribution in [-0.4, -0.2) is 34.3 Å². The Bertz CT molecular complexity index is 940. The van der Waals surface area contributed by atoms with Crippen molar-refractivity contribution in [1.29, 1.82) is 0 Å². The van der Waals surface area contributed by atoms with Crippen LogP contribution in [0.4, 0.5) is 0 Å². The van der Waals surface area contributed by atoms with E-state index in [2.05, 4.69) is 48.9 Å². The van der Waals surface area contributed by atoms with Crippen molar-refractivity contribution in [2.75, 3.05) is 6.54 Å². The van der Waals surface area contributed by atoms with Crippen molar-refractivity contribution in [3.63, 3.8) is 0 Å². The van der Waals surface area contributed by atoms with Gasteiger partial charge in [-0.1, -0.05) is 68.4 Å². The number of amides is 2. The van der Waals surface area contributed by atoms with Gasteiger partial charge in [-0.3, -0.25) is 9.59 Å². The van der Waals surface area contributed by atoms with Crippen LogP contribution in [0.2, 0.25) is 0 Å². The molecule has 6 nitrogen and oxygen atoms in total. The quantitative estimate of drug-likeness (QED) is 0.723. The summed E-state index contributed by atoms with van der Waals surface area (Å²) in [4.78, 5) is 26.9. The van der Waals surface area contributed by atoms with Gasteiger partial charge in [0.05, 0.1) is 6.04 Å². The topological polar surface area (TPSA) is 64.7 Å². The first-order valence-corrected chi connectivity index (χ1v) is 10.9. The first-order valence-electron chi connectivity index (χ1n) is 10.9. The van der Waals surface area contributed by atoms with Gasteiger partial charge >= 0.3 is 0 Å². The van der Waals surface area contributed by atoms with Crippen LogP contribution in [0.3, 0.4) is 0 Å². The van der Waals surface area contributed by atoms with Gasteiger partial charge in [0.1, 0.15) is 6.04 Å². The van der Waals surface area contributed by atoms with Gasteiger partial charge in [0.15, 0.2) is 0 Å². The molecule has 0 saturated carbocycles. The van der Waals surface area contributed by atoms with Crippen LogP contribution < -0.4 is 10.7 Å². The fraction of sp³-hybridized carbons (Fsp3) is 0.360. The number of nitrogens with zero attached hydrogens (tertiary/aromatic N) is 2. The van der Waals surface area contributed by atoms with E-state index in [9.17, 15) is 9.59 Å². The van der Waals surface area contributed by atoms with Crippen molar-refractivity contribution < 1.29 is 9.59 Å². The number of carbonyl (C=O) groups excluding carboxylic acids is 2. The molecule has 2 heterocycles. The summed E-state index contributed by atoms with van der Waals surface area (Å²) in [6, 6.07) is 18.3. The highest BCUT2D eigenvalue weighted by atomic mass is 16.2. The summed E-state index contributed by atoms with van der Waals surface area (Å²) in [6.07, 6.45) is 4.65. The molecule has 2 aliphatic heterocycles. The van der Waals surface area contributed by atoms with Gasteiger partial charge in [0.2, 0.25) is 5.91 Å². The van der Waals surface area contributed by atoms with Crippen LogP contribution in [0.1, 0.15) is 55.3 Å². The molecule has 2 amide bonds. The summed E-state index contributed by atoms with van der Waals surface area (Å²) in [5.41, 5.74) is 6.99. The molecular formula is C25H30N4O2. The van der Waals surface area contributed by atoms with Crippen molar-refractivity contribution in [2.24, 2.45) is 0 Å². The van der Waals surface area contributed by atoms with E-state index in [-0.39, 0.29) is 30.3 Å². The third-order valence-corrected chi connectivity index (χ3v) is 5.99. The largest absolute Gasteiger partial charge is 0.352 e. The molecule has 0 aliphatic carbocycles. The molecule has 1 saturated heterocycles. The van der Waals surface area contributed by atoms with Gasteiger partial charge < -0.3 is 15.2 Å². The summed E-state index contributed by atoms with van der Waals surface area (Å²) in [5.74, 6) is 0.479. The van der Waals surface area contributed by atoms with Crippen LogP contribution in [0, 0.1) is 0 Å². The van der Waals surface area contributed by atoms with E-state index in [1.54, 1.807) is 11.1 Å². The van der Waals surface area contributed by atoms with Gasteiger partial charge in [-0.15, -0.1) is 0 Å². The average molecular weight is 419 g/mol. The summed E-state index contributed by atoms with van der Waals surface area (Å²) in [7, 11) is 0. The molecule has 1 fully saturated rings. The second kappa shape index (κ2) is 9.35. The second-order valence-electron chi connectivity index (χ2n) is 8.50. The molecule has 0 spiro atoms. The summed E-state index contributed by atoms with van der Waals surface area (Å²) in [5, 5.41) is 4.81. The van der Waals surface area contributed by atoms with E-state index in [0.717, 1.165) is 5.56 Å². The van der Waals surface area contributed by atoms with Crippen molar-refractivity contribution in [1.82, 2.24) is 20.7 Å². The van der Waals surface area contributed by atoms with Gasteiger partial charge in [-0.25, -0.2) is 5.43 Å². The fourth-order valence-electron chi connectivity index (χ4n) is 4.06. The molecule has 0 bridgehead atoms. The first-order chi connectivity index (χ1) is 15.0. The molecule has 2 atom stereocenters. The average Bonchev–Trinajstić information content (AvgIpc) is 3.23. The number of hydrogen-bond acceptors (Lipinski definition) is 4. The predicted octanol–water partition coefficient (Wildman–Crippen LogP) is 3.45. The standard InChI is InChI=1S/C25H30N4O2/c1-18(2)20-8-10-21(11-9-20)22-16-23-25(31)28(14-15-29(23)27-22)13-12-24(30)26-17-19-6-4-3-5-7-19/h3-11,14-15,18,22-23,27H,12-13,16-17H2,1-2H3,(H,26,30). The Morgan fingerprint density at radius 3 is 2.55 bits per heavy atom. The lowest BCUT2D eigenvalue weighted by Crippen LogP contribution is -2.48. The SMILES string of the molecule is CC(C)c1ccc(C2CC3C(=O)N(CCC(=O)NCc4ccccc4)C=CN3N2)cc1. The number of fused-ring (bicyclic) bond motifs is 1. The number of carbonyl (C=O) groups is 2. The fourth-order valence-corrected chi connectivity index (χ4v) is 4.06. The molecule has 0 radical (unpaired) electrons. The van der Waals surface area contributed by atoms with Gasteiger partial charge in [-0.2, -0.15) is 0 Å². The molecule has 2 aromatic rings. The summed E-state index contributed by atoms with van der Waals surface area (Å²) in [6.45, 7) is 5.25. The van der Waals surface area contributed by atoms with Gasteiger partial charge in [-0.05, 0) is 29.0 Å². The maximum Gasteiger partial charge on any atom is 0.250 e. The highest BCUT2D eigenvalue weighted by Gasteiger charge is 2.39. The Hall–Kier alpha value is -3.12. The maximum absolute atomic E-state index is 13.0. The number of hydrazine groups is 1. The molecule has 2 unspecified atom stereocenters. The lowest BCUT2D eigenvalue weighted by Gasteiger charge is -2.31. The number of benzene rings is 2. The Labute approximate surface area is 183 Å². The van der Waals surface area contributed by atoms with Crippen LogP contribution in [-0.2, 0) is 16.1 Å². The zero-order valence-electron chi connectivity index (χ0n) is 18.1. The van der Waals surface area contributed by atoms with Gasteiger partial charge in [0, 0.05) is 31.9 Å². The lowest BCUT2D eigenvalue weighted by atomic mass is 9.97. The van der Waals surface area contributed by atoms with E-state index in [1.807, 2.05) is 41.5 Å². The smallest absolute Gasteiger partial charge is 0.250 e. The minimum absolute atomic E-state index is 0.0344. The van der Waals surface area contributed by atoms with Crippen molar-refractivity contribution in [3.8, 4) is 0 Å². The number of nitrogens with one attached hydrogen (secondary N) is 2. The Morgan fingerprint density at radius 1 is 1.10 bits per heavy atom. The minimum Gasteiger partial charge on any atom is -0.352 e. The van der Waals surface area contributed by atoms with Crippen LogP contribution >= 0.6 is 0 Å². The van der Waals surface area contributed by atoms with Crippen molar-refractivity contribution >= 4 is 11.8 Å². The molecule has 6 heteroatoms. The molecule has 2 aliphatic rings. The molecule has 162 valence electrons. The Kier molecular flexibility index (Phi) is 6.37. The molecule has 2 N–H and O–H groups in total. The third kappa shape index (κ3) is 4.97. The summed E-state index contributed by atoms with van der Waals surface area (Å²) >= 11 is 0. The Balaban J connectivity index is 1.29. The van der Waals surface area contributed by atoms with Crippen molar-refractivity contribution in [3.05, 3.63) is 83.7 Å².